The van der Waals surface area contributed by atoms with Crippen molar-refractivity contribution < 1.29 is 9.53 Å². The molecule has 0 saturated carbocycles. The molecule has 2 saturated heterocycles. The number of carbonyl (C=O) groups is 1. The average Bonchev–Trinajstić information content (AvgIpc) is 3.47. The molecule has 3 aliphatic rings. The predicted octanol–water partition coefficient (Wildman–Crippen LogP) is 4.68. The lowest BCUT2D eigenvalue weighted by atomic mass is 9.86. The van der Waals surface area contributed by atoms with E-state index in [-0.39, 0.29) is 5.92 Å². The zero-order valence-corrected chi connectivity index (χ0v) is 23.3. The summed E-state index contributed by atoms with van der Waals surface area (Å²) in [4.78, 5) is 28.7. The molecule has 1 aromatic heterocycles. The summed E-state index contributed by atoms with van der Waals surface area (Å²) in [7, 11) is 4.22. The molecule has 2 aromatic rings. The van der Waals surface area contributed by atoms with E-state index in [1.807, 2.05) is 12.4 Å². The van der Waals surface area contributed by atoms with Crippen LogP contribution in [0.1, 0.15) is 56.6 Å². The third-order valence-electron chi connectivity index (χ3n) is 8.67. The smallest absolute Gasteiger partial charge is 0.226 e. The van der Waals surface area contributed by atoms with Gasteiger partial charge in [-0.05, 0) is 93.8 Å². The Balaban J connectivity index is 1.06. The second-order valence-corrected chi connectivity index (χ2v) is 11.4. The number of benzene rings is 1. The third kappa shape index (κ3) is 6.37. The summed E-state index contributed by atoms with van der Waals surface area (Å²) >= 11 is 0. The van der Waals surface area contributed by atoms with Gasteiger partial charge in [-0.1, -0.05) is 25.1 Å². The van der Waals surface area contributed by atoms with Crippen molar-refractivity contribution in [1.82, 2.24) is 19.8 Å². The van der Waals surface area contributed by atoms with Crippen LogP contribution in [0.25, 0.3) is 5.57 Å². The summed E-state index contributed by atoms with van der Waals surface area (Å²) in [6, 6.07) is 9.03. The molecule has 2 fully saturated rings. The van der Waals surface area contributed by atoms with E-state index in [0.717, 1.165) is 89.4 Å². The number of hydrogen-bond donors (Lipinski definition) is 0. The number of aromatic nitrogens is 2. The van der Waals surface area contributed by atoms with Crippen LogP contribution in [0.15, 0.2) is 42.7 Å². The Kier molecular flexibility index (Phi) is 8.62. The molecule has 0 radical (unpaired) electrons. The Labute approximate surface area is 227 Å². The van der Waals surface area contributed by atoms with Gasteiger partial charge in [-0.25, -0.2) is 9.97 Å². The van der Waals surface area contributed by atoms with Crippen molar-refractivity contribution in [3.8, 4) is 5.75 Å². The average molecular weight is 518 g/mol. The van der Waals surface area contributed by atoms with E-state index < -0.39 is 0 Å². The van der Waals surface area contributed by atoms with Crippen molar-refractivity contribution in [3.63, 3.8) is 0 Å². The molecule has 7 heteroatoms. The second kappa shape index (κ2) is 12.3. The Bertz CT molecular complexity index is 1090. The first-order valence-corrected chi connectivity index (χ1v) is 14.4. The van der Waals surface area contributed by atoms with Crippen LogP contribution in [0.2, 0.25) is 0 Å². The zero-order valence-electron chi connectivity index (χ0n) is 23.3. The van der Waals surface area contributed by atoms with E-state index in [1.54, 1.807) is 0 Å². The van der Waals surface area contributed by atoms with Crippen molar-refractivity contribution in [2.24, 2.45) is 11.8 Å². The topological polar surface area (TPSA) is 61.8 Å². The number of ether oxygens (including phenoxy) is 1. The van der Waals surface area contributed by atoms with Crippen molar-refractivity contribution in [2.75, 3.05) is 51.8 Å². The molecule has 204 valence electrons. The van der Waals surface area contributed by atoms with E-state index in [0.29, 0.717) is 17.9 Å². The van der Waals surface area contributed by atoms with E-state index in [9.17, 15) is 4.79 Å². The van der Waals surface area contributed by atoms with E-state index in [1.165, 1.54) is 16.7 Å². The molecule has 3 heterocycles. The monoisotopic (exact) mass is 517 g/mol. The number of carbonyl (C=O) groups excluding carboxylic acids is 1. The van der Waals surface area contributed by atoms with Crippen LogP contribution in [0.5, 0.6) is 5.75 Å². The first-order valence-electron chi connectivity index (χ1n) is 14.4. The maximum Gasteiger partial charge on any atom is 0.226 e. The van der Waals surface area contributed by atoms with Gasteiger partial charge in [-0.3, -0.25) is 4.79 Å². The molecule has 2 atom stereocenters. The predicted molar refractivity (Wildman–Crippen MR) is 152 cm³/mol. The molecule has 38 heavy (non-hydrogen) atoms. The van der Waals surface area contributed by atoms with Gasteiger partial charge in [0, 0.05) is 50.5 Å². The first-order chi connectivity index (χ1) is 18.5. The summed E-state index contributed by atoms with van der Waals surface area (Å²) in [5.74, 6) is 2.82. The molecule has 1 unspecified atom stereocenters. The highest BCUT2D eigenvalue weighted by Gasteiger charge is 2.32. The van der Waals surface area contributed by atoms with E-state index >= 15 is 0 Å². The summed E-state index contributed by atoms with van der Waals surface area (Å²) < 4.78 is 6.17. The number of aryl methyl sites for hydroxylation is 1. The number of piperidine rings is 1. The lowest BCUT2D eigenvalue weighted by molar-refractivity contribution is -0.134. The van der Waals surface area contributed by atoms with Gasteiger partial charge in [-0.2, -0.15) is 0 Å². The van der Waals surface area contributed by atoms with Crippen LogP contribution < -0.4 is 9.64 Å². The lowest BCUT2D eigenvalue weighted by Crippen LogP contribution is -2.38. The maximum atomic E-state index is 13.0. The van der Waals surface area contributed by atoms with Crippen molar-refractivity contribution in [1.29, 1.82) is 0 Å². The minimum Gasteiger partial charge on any atom is -0.493 e. The highest BCUT2D eigenvalue weighted by atomic mass is 16.5. The fraction of sp³-hybridized carbons (Fsp3) is 0.581. The van der Waals surface area contributed by atoms with Crippen LogP contribution in [-0.2, 0) is 11.2 Å². The summed E-state index contributed by atoms with van der Waals surface area (Å²) in [5, 5.41) is 0. The van der Waals surface area contributed by atoms with Gasteiger partial charge in [0.05, 0.1) is 6.61 Å². The Morgan fingerprint density at radius 1 is 1.03 bits per heavy atom. The second-order valence-electron chi connectivity index (χ2n) is 11.4. The lowest BCUT2D eigenvalue weighted by Gasteiger charge is -2.31. The molecule has 1 amide bonds. The van der Waals surface area contributed by atoms with Crippen molar-refractivity contribution in [2.45, 2.75) is 57.9 Å². The largest absolute Gasteiger partial charge is 0.493 e. The van der Waals surface area contributed by atoms with Gasteiger partial charge in [0.15, 0.2) is 0 Å². The number of allylic oxidation sites excluding steroid dienone is 2. The molecule has 0 bridgehead atoms. The van der Waals surface area contributed by atoms with Gasteiger partial charge >= 0.3 is 0 Å². The number of hydrogen-bond acceptors (Lipinski definition) is 6. The number of rotatable bonds is 8. The highest BCUT2D eigenvalue weighted by Crippen LogP contribution is 2.33. The number of anilines is 1. The number of likely N-dealkylation sites (tertiary alicyclic amines) is 1. The molecule has 2 aliphatic heterocycles. The highest BCUT2D eigenvalue weighted by molar-refractivity contribution is 5.81. The van der Waals surface area contributed by atoms with Gasteiger partial charge in [0.1, 0.15) is 5.75 Å². The quantitative estimate of drug-likeness (QED) is 0.507. The summed E-state index contributed by atoms with van der Waals surface area (Å²) in [6.45, 7) is 6.60. The van der Waals surface area contributed by atoms with E-state index in [2.05, 4.69) is 76.0 Å². The number of nitrogens with zero attached hydrogens (tertiary/aromatic N) is 5. The van der Waals surface area contributed by atoms with Gasteiger partial charge < -0.3 is 19.4 Å². The summed E-state index contributed by atoms with van der Waals surface area (Å²) in [5.41, 5.74) is 3.78. The van der Waals surface area contributed by atoms with Gasteiger partial charge in [0.2, 0.25) is 11.9 Å². The van der Waals surface area contributed by atoms with E-state index in [4.69, 9.17) is 4.74 Å². The van der Waals surface area contributed by atoms with Crippen molar-refractivity contribution in [3.05, 3.63) is 53.9 Å². The first kappa shape index (κ1) is 26.7. The Morgan fingerprint density at radius 2 is 1.76 bits per heavy atom. The summed E-state index contributed by atoms with van der Waals surface area (Å²) in [6.07, 6.45) is 13.2. The van der Waals surface area contributed by atoms with Crippen LogP contribution in [-0.4, -0.2) is 78.6 Å². The molecule has 1 aliphatic carbocycles. The van der Waals surface area contributed by atoms with Crippen LogP contribution in [0.3, 0.4) is 0 Å². The normalized spacial score (nSPS) is 22.6. The van der Waals surface area contributed by atoms with Crippen LogP contribution in [0, 0.1) is 11.8 Å². The molecule has 7 nitrogen and oxygen atoms in total. The zero-order chi connectivity index (χ0) is 26.5. The maximum absolute atomic E-state index is 13.0. The van der Waals surface area contributed by atoms with Gasteiger partial charge in [0.25, 0.3) is 0 Å². The number of likely N-dealkylation sites (N-methyl/N-ethyl adjacent to an activating group) is 1. The number of amides is 1. The van der Waals surface area contributed by atoms with Crippen LogP contribution in [0.4, 0.5) is 5.95 Å². The van der Waals surface area contributed by atoms with Gasteiger partial charge in [-0.15, -0.1) is 0 Å². The molecular formula is C31H43N5O2. The van der Waals surface area contributed by atoms with Crippen molar-refractivity contribution >= 4 is 17.4 Å². The molecule has 0 spiro atoms. The van der Waals surface area contributed by atoms with Crippen LogP contribution >= 0.6 is 0 Å². The Hall–Kier alpha value is -2.93. The SMILES string of the molecule is CCc1cnc(N2CCC(COc3ccc(C4=CCC(C(=O)N5CC[C@H](N(C)C)C5)CC4)cc3)CC2)nc1. The molecular weight excluding hydrogens is 474 g/mol. The Morgan fingerprint density at radius 3 is 2.37 bits per heavy atom. The standard InChI is InChI=1S/C31H43N5O2/c1-4-23-19-32-31(33-20-23)35-16-13-24(14-17-35)22-38-29-11-9-26(10-12-29)25-5-7-27(8-6-25)30(37)36-18-15-28(21-36)34(2)3/h5,9-12,19-20,24,27-28H,4,6-8,13-18,21-22H2,1-3H3/t27?,28-/m0/s1. The fourth-order valence-corrected chi connectivity index (χ4v) is 5.92. The molecule has 1 aromatic carbocycles. The molecule has 5 rings (SSSR count). The minimum atomic E-state index is 0.135. The third-order valence-corrected chi connectivity index (χ3v) is 8.67. The minimum absolute atomic E-state index is 0.135. The fourth-order valence-electron chi connectivity index (χ4n) is 5.92. The molecule has 0 N–H and O–H groups in total.